The van der Waals surface area contributed by atoms with Crippen LogP contribution in [0.1, 0.15) is 19.8 Å². The average molecular weight is 421 g/mol. The molecule has 5 nitrogen and oxygen atoms in total. The molecule has 1 aromatic rings. The van der Waals surface area contributed by atoms with Gasteiger partial charge >= 0.3 is 5.97 Å². The highest BCUT2D eigenvalue weighted by Crippen LogP contribution is 2.15. The number of hydrogen-bond donors (Lipinski definition) is 1. The molecule has 0 bridgehead atoms. The summed E-state index contributed by atoms with van der Waals surface area (Å²) >= 11 is 3.38. The molecular weight excluding hydrogens is 402 g/mol. The lowest BCUT2D eigenvalue weighted by atomic mass is 10.3. The zero-order chi connectivity index (χ0) is 14.4. The molecule has 0 amide bonds. The number of likely N-dealkylation sites (tertiary alicyclic amines) is 1. The predicted molar refractivity (Wildman–Crippen MR) is 93.0 cm³/mol. The second-order valence-corrected chi connectivity index (χ2v) is 5.38. The number of carbonyl (C=O) groups excluding carboxylic acids is 1. The van der Waals surface area contributed by atoms with Gasteiger partial charge in [0.15, 0.2) is 0 Å². The molecule has 0 radical (unpaired) electrons. The van der Waals surface area contributed by atoms with Gasteiger partial charge in [0.1, 0.15) is 0 Å². The van der Waals surface area contributed by atoms with Crippen molar-refractivity contribution < 1.29 is 9.53 Å². The lowest BCUT2D eigenvalue weighted by Gasteiger charge is -2.18. The molecule has 0 spiro atoms. The normalized spacial score (nSPS) is 14.6. The summed E-state index contributed by atoms with van der Waals surface area (Å²) in [5.74, 6) is -0.0220. The second-order valence-electron chi connectivity index (χ2n) is 4.47. The van der Waals surface area contributed by atoms with E-state index in [-0.39, 0.29) is 23.0 Å². The Labute approximate surface area is 143 Å². The van der Waals surface area contributed by atoms with E-state index in [1.807, 2.05) is 29.2 Å². The first-order chi connectivity index (χ1) is 9.70. The lowest BCUT2D eigenvalue weighted by Crippen LogP contribution is -2.36. The minimum atomic E-state index is -0.376. The molecule has 0 saturated carbocycles. The van der Waals surface area contributed by atoms with Crippen molar-refractivity contribution in [3.8, 4) is 0 Å². The van der Waals surface area contributed by atoms with Crippen molar-refractivity contribution in [3.63, 3.8) is 0 Å². The van der Waals surface area contributed by atoms with Crippen LogP contribution in [0.5, 0.6) is 0 Å². The van der Waals surface area contributed by atoms with E-state index in [1.54, 1.807) is 6.92 Å². The Bertz CT molecular complexity index is 485. The van der Waals surface area contributed by atoms with E-state index in [0.717, 1.165) is 36.1 Å². The number of hydrazone groups is 1. The summed E-state index contributed by atoms with van der Waals surface area (Å²) in [6.45, 7) is 3.84. The van der Waals surface area contributed by atoms with Crippen LogP contribution < -0.4 is 5.43 Å². The van der Waals surface area contributed by atoms with Crippen LogP contribution in [-0.4, -0.2) is 36.4 Å². The van der Waals surface area contributed by atoms with Gasteiger partial charge in [0, 0.05) is 17.6 Å². The number of anilines is 1. The van der Waals surface area contributed by atoms with E-state index in [4.69, 9.17) is 4.74 Å². The molecule has 1 aliphatic rings. The molecule has 1 saturated heterocycles. The predicted octanol–water partition coefficient (Wildman–Crippen LogP) is 3.41. The molecule has 1 aliphatic heterocycles. The summed E-state index contributed by atoms with van der Waals surface area (Å²) in [5.41, 5.74) is 3.74. The number of halogens is 2. The summed E-state index contributed by atoms with van der Waals surface area (Å²) in [7, 11) is 0. The number of hydrogen-bond acceptors (Lipinski definition) is 4. The maximum Gasteiger partial charge on any atom is 0.375 e. The van der Waals surface area contributed by atoms with Crippen LogP contribution in [0.4, 0.5) is 5.69 Å². The third kappa shape index (κ3) is 5.32. The van der Waals surface area contributed by atoms with E-state index >= 15 is 0 Å². The molecule has 1 N–H and O–H groups in total. The number of rotatable bonds is 3. The topological polar surface area (TPSA) is 53.9 Å². The zero-order valence-corrected chi connectivity index (χ0v) is 15.1. The third-order valence-electron chi connectivity index (χ3n) is 3.00. The van der Waals surface area contributed by atoms with E-state index < -0.39 is 0 Å². The Kier molecular flexibility index (Phi) is 7.74. The van der Waals surface area contributed by atoms with Crippen LogP contribution in [-0.2, 0) is 9.53 Å². The van der Waals surface area contributed by atoms with Crippen molar-refractivity contribution in [2.24, 2.45) is 5.10 Å². The number of nitrogens with one attached hydrogen (secondary N) is 1. The van der Waals surface area contributed by atoms with Gasteiger partial charge in [-0.1, -0.05) is 15.9 Å². The van der Waals surface area contributed by atoms with Crippen LogP contribution in [0.15, 0.2) is 33.8 Å². The van der Waals surface area contributed by atoms with Crippen LogP contribution in [0.25, 0.3) is 0 Å². The highest BCUT2D eigenvalue weighted by molar-refractivity contribution is 9.10. The first kappa shape index (κ1) is 18.0. The van der Waals surface area contributed by atoms with Gasteiger partial charge in [-0.2, -0.15) is 0 Å². The van der Waals surface area contributed by atoms with E-state index in [9.17, 15) is 4.79 Å². The van der Waals surface area contributed by atoms with Gasteiger partial charge in [0.05, 0.1) is 12.3 Å². The molecule has 0 unspecified atom stereocenters. The Balaban J connectivity index is 0.00000220. The number of amidine groups is 1. The summed E-state index contributed by atoms with van der Waals surface area (Å²) in [5, 5.41) is 4.23. The standard InChI is InChI=1S/C14H18BrN3O2.BrH/c1-2-20-14(19)13(18-9-3-4-10-18)17-16-12-7-5-11(15)6-8-12;/h5-8,16H,2-4,9-10H2,1H3;1H/b17-13-;. The van der Waals surface area contributed by atoms with Gasteiger partial charge in [0.25, 0.3) is 0 Å². The minimum absolute atomic E-state index is 0. The van der Waals surface area contributed by atoms with Crippen molar-refractivity contribution >= 4 is 50.4 Å². The Morgan fingerprint density at radius 1 is 1.33 bits per heavy atom. The summed E-state index contributed by atoms with van der Waals surface area (Å²) in [4.78, 5) is 13.9. The first-order valence-electron chi connectivity index (χ1n) is 6.72. The molecule has 1 aromatic carbocycles. The van der Waals surface area contributed by atoms with E-state index in [2.05, 4.69) is 26.5 Å². The van der Waals surface area contributed by atoms with Gasteiger partial charge in [0.2, 0.25) is 5.84 Å². The highest BCUT2D eigenvalue weighted by atomic mass is 79.9. The van der Waals surface area contributed by atoms with Gasteiger partial charge < -0.3 is 9.64 Å². The molecule has 1 heterocycles. The van der Waals surface area contributed by atoms with Crippen molar-refractivity contribution in [2.75, 3.05) is 25.1 Å². The van der Waals surface area contributed by atoms with Crippen molar-refractivity contribution in [3.05, 3.63) is 28.7 Å². The Morgan fingerprint density at radius 3 is 2.52 bits per heavy atom. The molecule has 21 heavy (non-hydrogen) atoms. The lowest BCUT2D eigenvalue weighted by molar-refractivity contribution is -0.135. The molecule has 0 atom stereocenters. The summed E-state index contributed by atoms with van der Waals surface area (Å²) in [6, 6.07) is 7.61. The third-order valence-corrected chi connectivity index (χ3v) is 3.53. The fraction of sp³-hybridized carbons (Fsp3) is 0.429. The number of carbonyl (C=O) groups is 1. The van der Waals surface area contributed by atoms with Crippen LogP contribution in [0.2, 0.25) is 0 Å². The monoisotopic (exact) mass is 419 g/mol. The van der Waals surface area contributed by atoms with Crippen molar-refractivity contribution in [2.45, 2.75) is 19.8 Å². The van der Waals surface area contributed by atoms with Crippen LogP contribution in [0, 0.1) is 0 Å². The molecule has 1 fully saturated rings. The molecule has 116 valence electrons. The fourth-order valence-electron chi connectivity index (χ4n) is 2.01. The average Bonchev–Trinajstić information content (AvgIpc) is 2.95. The Hall–Kier alpha value is -1.08. The summed E-state index contributed by atoms with van der Waals surface area (Å²) in [6.07, 6.45) is 2.16. The smallest absolute Gasteiger partial charge is 0.375 e. The van der Waals surface area contributed by atoms with Crippen molar-refractivity contribution in [1.29, 1.82) is 0 Å². The maximum atomic E-state index is 12.0. The van der Waals surface area contributed by atoms with Gasteiger partial charge in [-0.25, -0.2) is 4.79 Å². The van der Waals surface area contributed by atoms with Gasteiger partial charge in [-0.15, -0.1) is 22.1 Å². The maximum absolute atomic E-state index is 12.0. The largest absolute Gasteiger partial charge is 0.460 e. The van der Waals surface area contributed by atoms with Gasteiger partial charge in [-0.05, 0) is 44.0 Å². The van der Waals surface area contributed by atoms with Crippen LogP contribution >= 0.6 is 32.9 Å². The Morgan fingerprint density at radius 2 is 1.95 bits per heavy atom. The van der Waals surface area contributed by atoms with Gasteiger partial charge in [-0.3, -0.25) is 5.43 Å². The van der Waals surface area contributed by atoms with Crippen LogP contribution in [0.3, 0.4) is 0 Å². The minimum Gasteiger partial charge on any atom is -0.460 e. The number of benzene rings is 1. The summed E-state index contributed by atoms with van der Waals surface area (Å²) < 4.78 is 6.06. The zero-order valence-electron chi connectivity index (χ0n) is 11.8. The molecule has 7 heteroatoms. The first-order valence-corrected chi connectivity index (χ1v) is 7.51. The molecular formula is C14H19Br2N3O2. The molecule has 2 rings (SSSR count). The van der Waals surface area contributed by atoms with E-state index in [0.29, 0.717) is 12.4 Å². The highest BCUT2D eigenvalue weighted by Gasteiger charge is 2.23. The second kappa shape index (κ2) is 9.04. The van der Waals surface area contributed by atoms with Crippen molar-refractivity contribution in [1.82, 2.24) is 4.90 Å². The quantitative estimate of drug-likeness (QED) is 0.352. The van der Waals surface area contributed by atoms with E-state index in [1.165, 1.54) is 0 Å². The number of nitrogens with zero attached hydrogens (tertiary/aromatic N) is 2. The molecule has 0 aliphatic carbocycles. The fourth-order valence-corrected chi connectivity index (χ4v) is 2.28. The number of esters is 1. The molecule has 0 aromatic heterocycles. The number of ether oxygens (including phenoxy) is 1. The SMILES string of the molecule is Br.CCOC(=O)/C(=N/Nc1ccc(Br)cc1)N1CCCC1.